The first-order valence-electron chi connectivity index (χ1n) is 7.03. The van der Waals surface area contributed by atoms with E-state index in [4.69, 9.17) is 9.31 Å². The minimum absolute atomic E-state index is 0.0301. The molecule has 3 rings (SSSR count). The molecule has 0 radical (unpaired) electrons. The van der Waals surface area contributed by atoms with Crippen LogP contribution in [0.1, 0.15) is 38.8 Å². The predicted octanol–water partition coefficient (Wildman–Crippen LogP) is 3.53. The number of halogens is 2. The molecule has 1 saturated heterocycles. The molecule has 1 aromatic rings. The topological polar surface area (TPSA) is 18.5 Å². The Morgan fingerprint density at radius 1 is 0.950 bits per heavy atom. The van der Waals surface area contributed by atoms with Crippen LogP contribution in [0.15, 0.2) is 12.1 Å². The normalized spacial score (nSPS) is 24.2. The van der Waals surface area contributed by atoms with Gasteiger partial charge in [0.15, 0.2) is 0 Å². The molecule has 0 unspecified atom stereocenters. The molecule has 0 aromatic heterocycles. The Bertz CT molecular complexity index is 510. The summed E-state index contributed by atoms with van der Waals surface area (Å²) in [4.78, 5) is 0. The van der Waals surface area contributed by atoms with Gasteiger partial charge in [0.2, 0.25) is 0 Å². The van der Waals surface area contributed by atoms with Crippen molar-refractivity contribution in [3.05, 3.63) is 34.9 Å². The van der Waals surface area contributed by atoms with Crippen LogP contribution in [0.2, 0.25) is 5.82 Å². The quantitative estimate of drug-likeness (QED) is 0.733. The fraction of sp³-hybridized carbons (Fsp3) is 0.600. The van der Waals surface area contributed by atoms with Crippen LogP contribution < -0.4 is 0 Å². The van der Waals surface area contributed by atoms with Gasteiger partial charge in [-0.3, -0.25) is 0 Å². The van der Waals surface area contributed by atoms with Crippen LogP contribution in [-0.2, 0) is 22.2 Å². The summed E-state index contributed by atoms with van der Waals surface area (Å²) >= 11 is 0. The van der Waals surface area contributed by atoms with E-state index in [1.165, 1.54) is 12.1 Å². The lowest BCUT2D eigenvalue weighted by atomic mass is 9.70. The third-order valence-corrected chi connectivity index (χ3v) is 4.91. The molecule has 20 heavy (non-hydrogen) atoms. The molecule has 0 saturated carbocycles. The summed E-state index contributed by atoms with van der Waals surface area (Å²) in [6.07, 6.45) is 0.936. The van der Waals surface area contributed by atoms with Gasteiger partial charge in [-0.25, -0.2) is 8.78 Å². The number of rotatable bonds is 1. The molecule has 2 aliphatic rings. The van der Waals surface area contributed by atoms with Crippen molar-refractivity contribution >= 4 is 7.12 Å². The van der Waals surface area contributed by atoms with Crippen LogP contribution in [-0.4, -0.2) is 18.3 Å². The largest absolute Gasteiger partial charge is 0.461 e. The van der Waals surface area contributed by atoms with Crippen LogP contribution in [0.25, 0.3) is 0 Å². The molecule has 1 aliphatic heterocycles. The molecule has 108 valence electrons. The fourth-order valence-electron chi connectivity index (χ4n) is 2.95. The second-order valence-corrected chi connectivity index (χ2v) is 6.78. The highest BCUT2D eigenvalue weighted by Crippen LogP contribution is 2.44. The molecular formula is C15H19BF2O2. The van der Waals surface area contributed by atoms with E-state index < -0.39 is 18.3 Å². The Hall–Kier alpha value is -0.935. The zero-order valence-electron chi connectivity index (χ0n) is 12.3. The van der Waals surface area contributed by atoms with E-state index in [1.54, 1.807) is 0 Å². The molecule has 0 amide bonds. The standard InChI is InChI=1S/C15H19BF2O2/c1-14(2)15(3,4)20-16(19-14)9-7-10-11(8-9)13(18)6-5-12(10)17/h5-6,9H,7-8H2,1-4H3. The summed E-state index contributed by atoms with van der Waals surface area (Å²) in [6, 6.07) is 2.39. The molecule has 0 atom stereocenters. The SMILES string of the molecule is CC1(C)OB(C2Cc3c(F)ccc(F)c3C2)OC1(C)C. The lowest BCUT2D eigenvalue weighted by molar-refractivity contribution is 0.00578. The Balaban J connectivity index is 1.84. The van der Waals surface area contributed by atoms with Crippen molar-refractivity contribution in [2.45, 2.75) is 57.6 Å². The summed E-state index contributed by atoms with van der Waals surface area (Å²) < 4.78 is 39.6. The minimum atomic E-state index is -0.413. The van der Waals surface area contributed by atoms with Gasteiger partial charge in [-0.05, 0) is 63.8 Å². The van der Waals surface area contributed by atoms with Crippen LogP contribution >= 0.6 is 0 Å². The maximum absolute atomic E-state index is 13.8. The molecular weight excluding hydrogens is 261 g/mol. The number of hydrogen-bond acceptors (Lipinski definition) is 2. The summed E-state index contributed by atoms with van der Waals surface area (Å²) in [6.45, 7) is 7.93. The summed E-state index contributed by atoms with van der Waals surface area (Å²) in [5, 5.41) is 0. The second kappa shape index (κ2) is 4.28. The third kappa shape index (κ3) is 1.99. The highest BCUT2D eigenvalue weighted by atomic mass is 19.1. The van der Waals surface area contributed by atoms with E-state index in [-0.39, 0.29) is 17.5 Å². The van der Waals surface area contributed by atoms with Crippen molar-refractivity contribution in [2.24, 2.45) is 0 Å². The Morgan fingerprint density at radius 2 is 1.35 bits per heavy atom. The number of hydrogen-bond donors (Lipinski definition) is 0. The Morgan fingerprint density at radius 3 is 1.75 bits per heavy atom. The molecule has 1 aromatic carbocycles. The smallest absolute Gasteiger partial charge is 0.403 e. The van der Waals surface area contributed by atoms with Crippen LogP contribution in [0.3, 0.4) is 0 Å². The van der Waals surface area contributed by atoms with Crippen LogP contribution in [0, 0.1) is 11.6 Å². The highest BCUT2D eigenvalue weighted by molar-refractivity contribution is 6.47. The second-order valence-electron chi connectivity index (χ2n) is 6.78. The molecule has 1 fully saturated rings. The van der Waals surface area contributed by atoms with Gasteiger partial charge in [0.1, 0.15) is 11.6 Å². The van der Waals surface area contributed by atoms with Crippen LogP contribution in [0.4, 0.5) is 8.78 Å². The van der Waals surface area contributed by atoms with Gasteiger partial charge in [0, 0.05) is 5.82 Å². The molecule has 1 heterocycles. The van der Waals surface area contributed by atoms with Gasteiger partial charge in [-0.2, -0.15) is 0 Å². The van der Waals surface area contributed by atoms with Gasteiger partial charge in [0.25, 0.3) is 0 Å². The predicted molar refractivity (Wildman–Crippen MR) is 73.6 cm³/mol. The van der Waals surface area contributed by atoms with Crippen LogP contribution in [0.5, 0.6) is 0 Å². The first-order chi connectivity index (χ1) is 9.21. The average molecular weight is 280 g/mol. The van der Waals surface area contributed by atoms with E-state index in [0.717, 1.165) is 0 Å². The number of fused-ring (bicyclic) bond motifs is 1. The monoisotopic (exact) mass is 280 g/mol. The maximum Gasteiger partial charge on any atom is 0.461 e. The van der Waals surface area contributed by atoms with Crippen molar-refractivity contribution in [3.8, 4) is 0 Å². The highest BCUT2D eigenvalue weighted by Gasteiger charge is 2.54. The Labute approximate surface area is 118 Å². The van der Waals surface area contributed by atoms with Crippen molar-refractivity contribution in [1.82, 2.24) is 0 Å². The fourth-order valence-corrected chi connectivity index (χ4v) is 2.95. The number of benzene rings is 1. The van der Waals surface area contributed by atoms with E-state index in [0.29, 0.717) is 24.0 Å². The summed E-state index contributed by atoms with van der Waals surface area (Å²) in [7, 11) is -0.411. The van der Waals surface area contributed by atoms with Gasteiger partial charge in [-0.1, -0.05) is 0 Å². The molecule has 0 spiro atoms. The molecule has 0 bridgehead atoms. The van der Waals surface area contributed by atoms with Crippen molar-refractivity contribution in [3.63, 3.8) is 0 Å². The first-order valence-corrected chi connectivity index (χ1v) is 7.03. The summed E-state index contributed by atoms with van der Waals surface area (Å²) in [5.41, 5.74) is 0.127. The van der Waals surface area contributed by atoms with Gasteiger partial charge < -0.3 is 9.31 Å². The zero-order chi connectivity index (χ0) is 14.7. The average Bonchev–Trinajstić information content (AvgIpc) is 2.86. The van der Waals surface area contributed by atoms with Gasteiger partial charge >= 0.3 is 7.12 Å². The van der Waals surface area contributed by atoms with E-state index >= 15 is 0 Å². The zero-order valence-corrected chi connectivity index (χ0v) is 12.3. The first kappa shape index (κ1) is 14.0. The Kier molecular flexibility index (Phi) is 3.00. The lowest BCUT2D eigenvalue weighted by Gasteiger charge is -2.32. The molecule has 1 aliphatic carbocycles. The molecule has 0 N–H and O–H groups in total. The van der Waals surface area contributed by atoms with E-state index in [2.05, 4.69) is 0 Å². The van der Waals surface area contributed by atoms with Crippen molar-refractivity contribution in [1.29, 1.82) is 0 Å². The third-order valence-electron chi connectivity index (χ3n) is 4.91. The lowest BCUT2D eigenvalue weighted by Crippen LogP contribution is -2.41. The maximum atomic E-state index is 13.8. The molecule has 2 nitrogen and oxygen atoms in total. The molecule has 5 heteroatoms. The van der Waals surface area contributed by atoms with Gasteiger partial charge in [-0.15, -0.1) is 0 Å². The van der Waals surface area contributed by atoms with Crippen molar-refractivity contribution < 1.29 is 18.1 Å². The van der Waals surface area contributed by atoms with E-state index in [9.17, 15) is 8.78 Å². The van der Waals surface area contributed by atoms with Crippen molar-refractivity contribution in [2.75, 3.05) is 0 Å². The summed E-state index contributed by atoms with van der Waals surface area (Å²) in [5.74, 6) is -0.696. The minimum Gasteiger partial charge on any atom is -0.403 e. The van der Waals surface area contributed by atoms with E-state index in [1.807, 2.05) is 27.7 Å². The van der Waals surface area contributed by atoms with Gasteiger partial charge in [0.05, 0.1) is 11.2 Å².